The van der Waals surface area contributed by atoms with Gasteiger partial charge in [-0.05, 0) is 43.0 Å². The summed E-state index contributed by atoms with van der Waals surface area (Å²) >= 11 is 0. The van der Waals surface area contributed by atoms with Crippen molar-refractivity contribution in [3.63, 3.8) is 0 Å². The van der Waals surface area contributed by atoms with Gasteiger partial charge in [0.25, 0.3) is 0 Å². The molecule has 1 fully saturated rings. The second-order valence-corrected chi connectivity index (χ2v) is 6.66. The van der Waals surface area contributed by atoms with E-state index in [0.717, 1.165) is 31.2 Å². The first-order chi connectivity index (χ1) is 10.5. The third-order valence-corrected chi connectivity index (χ3v) is 4.65. The molecule has 4 nitrogen and oxygen atoms in total. The van der Waals surface area contributed by atoms with Crippen molar-refractivity contribution in [2.75, 3.05) is 13.2 Å². The molecule has 0 aromatic heterocycles. The molecule has 0 heterocycles. The highest BCUT2D eigenvalue weighted by Gasteiger charge is 2.29. The predicted molar refractivity (Wildman–Crippen MR) is 87.8 cm³/mol. The van der Waals surface area contributed by atoms with Crippen molar-refractivity contribution >= 4 is 0 Å². The number of rotatable bonds is 6. The average molecular weight is 307 g/mol. The molecule has 22 heavy (non-hydrogen) atoms. The Balaban J connectivity index is 1.98. The van der Waals surface area contributed by atoms with Crippen LogP contribution in [0.15, 0.2) is 24.3 Å². The van der Waals surface area contributed by atoms with Crippen LogP contribution >= 0.6 is 0 Å². The Morgan fingerprint density at radius 3 is 2.55 bits per heavy atom. The van der Waals surface area contributed by atoms with Gasteiger partial charge in [-0.15, -0.1) is 0 Å². The van der Waals surface area contributed by atoms with Crippen LogP contribution in [0.4, 0.5) is 0 Å². The Morgan fingerprint density at radius 1 is 1.23 bits per heavy atom. The lowest BCUT2D eigenvalue weighted by Crippen LogP contribution is -2.35. The standard InChI is InChI=1S/C18H29NO3/c1-14(12-19)17(20)15-7-6-8-16(11-15)22-13-18(21)9-4-2-3-5-10-18/h6-8,11,14,17,20-21H,2-5,9-10,12-13,19H2,1H3/t14-,17-/m1/s1. The van der Waals surface area contributed by atoms with Gasteiger partial charge in [-0.2, -0.15) is 0 Å². The third kappa shape index (κ3) is 4.70. The van der Waals surface area contributed by atoms with Crippen LogP contribution in [0.25, 0.3) is 0 Å². The number of nitrogens with two attached hydrogens (primary N) is 1. The van der Waals surface area contributed by atoms with Crippen LogP contribution in [0.2, 0.25) is 0 Å². The van der Waals surface area contributed by atoms with Crippen LogP contribution in [0.5, 0.6) is 5.75 Å². The molecule has 0 amide bonds. The molecule has 2 atom stereocenters. The largest absolute Gasteiger partial charge is 0.491 e. The Labute approximate surface area is 133 Å². The number of hydrogen-bond acceptors (Lipinski definition) is 4. The summed E-state index contributed by atoms with van der Waals surface area (Å²) in [5, 5.41) is 20.9. The molecule has 1 aromatic rings. The van der Waals surface area contributed by atoms with Crippen LogP contribution in [-0.4, -0.2) is 29.0 Å². The highest BCUT2D eigenvalue weighted by Crippen LogP contribution is 2.29. The SMILES string of the molecule is C[C@H](CN)[C@@H](O)c1cccc(OCC2(O)CCCCCC2)c1. The van der Waals surface area contributed by atoms with Gasteiger partial charge in [0.1, 0.15) is 12.4 Å². The molecule has 1 aromatic carbocycles. The quantitative estimate of drug-likeness (QED) is 0.706. The van der Waals surface area contributed by atoms with Gasteiger partial charge in [-0.1, -0.05) is 44.7 Å². The molecule has 0 spiro atoms. The second-order valence-electron chi connectivity index (χ2n) is 6.66. The highest BCUT2D eigenvalue weighted by atomic mass is 16.5. The maximum atomic E-state index is 10.6. The van der Waals surface area contributed by atoms with Crippen LogP contribution in [0.1, 0.15) is 57.1 Å². The molecule has 0 radical (unpaired) electrons. The van der Waals surface area contributed by atoms with E-state index in [1.54, 1.807) is 0 Å². The second kappa shape index (κ2) is 7.95. The minimum Gasteiger partial charge on any atom is -0.491 e. The molecule has 4 N–H and O–H groups in total. The Bertz CT molecular complexity index is 455. The molecule has 2 rings (SSSR count). The van der Waals surface area contributed by atoms with E-state index in [1.807, 2.05) is 31.2 Å². The van der Waals surface area contributed by atoms with Crippen molar-refractivity contribution < 1.29 is 14.9 Å². The summed E-state index contributed by atoms with van der Waals surface area (Å²) < 4.78 is 5.82. The first kappa shape index (κ1) is 17.3. The minimum atomic E-state index is -0.713. The van der Waals surface area contributed by atoms with E-state index < -0.39 is 11.7 Å². The smallest absolute Gasteiger partial charge is 0.119 e. The van der Waals surface area contributed by atoms with E-state index in [1.165, 1.54) is 12.8 Å². The number of aliphatic hydroxyl groups is 2. The summed E-state index contributed by atoms with van der Waals surface area (Å²) in [6.07, 6.45) is 5.54. The zero-order valence-corrected chi connectivity index (χ0v) is 13.5. The number of benzene rings is 1. The van der Waals surface area contributed by atoms with E-state index in [-0.39, 0.29) is 5.92 Å². The normalized spacial score (nSPS) is 20.9. The molecule has 0 saturated heterocycles. The van der Waals surface area contributed by atoms with Crippen LogP contribution in [-0.2, 0) is 0 Å². The summed E-state index contributed by atoms with van der Waals surface area (Å²) in [7, 11) is 0. The van der Waals surface area contributed by atoms with Gasteiger partial charge in [-0.3, -0.25) is 0 Å². The van der Waals surface area contributed by atoms with Crippen LogP contribution in [0, 0.1) is 5.92 Å². The van der Waals surface area contributed by atoms with Crippen molar-refractivity contribution in [2.24, 2.45) is 11.7 Å². The predicted octanol–water partition coefficient (Wildman–Crippen LogP) is 2.78. The average Bonchev–Trinajstić information content (AvgIpc) is 2.77. The fourth-order valence-corrected chi connectivity index (χ4v) is 2.99. The number of hydrogen-bond donors (Lipinski definition) is 3. The summed E-state index contributed by atoms with van der Waals surface area (Å²) in [5.74, 6) is 0.694. The molecule has 0 bridgehead atoms. The van der Waals surface area contributed by atoms with Crippen LogP contribution < -0.4 is 10.5 Å². The maximum absolute atomic E-state index is 10.6. The molecule has 0 unspecified atom stereocenters. The lowest BCUT2D eigenvalue weighted by atomic mass is 9.95. The molecule has 1 aliphatic carbocycles. The van der Waals surface area contributed by atoms with E-state index >= 15 is 0 Å². The van der Waals surface area contributed by atoms with Crippen molar-refractivity contribution in [3.8, 4) is 5.75 Å². The summed E-state index contributed by atoms with van der Waals surface area (Å²) in [5.41, 5.74) is 5.71. The molecule has 1 saturated carbocycles. The molecular weight excluding hydrogens is 278 g/mol. The Morgan fingerprint density at radius 2 is 1.91 bits per heavy atom. The Hall–Kier alpha value is -1.10. The zero-order valence-electron chi connectivity index (χ0n) is 13.5. The topological polar surface area (TPSA) is 75.7 Å². The van der Waals surface area contributed by atoms with Gasteiger partial charge in [0.05, 0.1) is 11.7 Å². The van der Waals surface area contributed by atoms with E-state index in [2.05, 4.69) is 0 Å². The van der Waals surface area contributed by atoms with Gasteiger partial charge in [-0.25, -0.2) is 0 Å². The van der Waals surface area contributed by atoms with Crippen LogP contribution in [0.3, 0.4) is 0 Å². The van der Waals surface area contributed by atoms with E-state index in [0.29, 0.717) is 18.9 Å². The molecule has 124 valence electrons. The molecule has 1 aliphatic rings. The lowest BCUT2D eigenvalue weighted by molar-refractivity contribution is -0.0174. The Kier molecular flexibility index (Phi) is 6.24. The van der Waals surface area contributed by atoms with Gasteiger partial charge in [0.2, 0.25) is 0 Å². The van der Waals surface area contributed by atoms with Crippen molar-refractivity contribution in [1.82, 2.24) is 0 Å². The van der Waals surface area contributed by atoms with E-state index in [4.69, 9.17) is 10.5 Å². The monoisotopic (exact) mass is 307 g/mol. The third-order valence-electron chi connectivity index (χ3n) is 4.65. The number of ether oxygens (including phenoxy) is 1. The van der Waals surface area contributed by atoms with Crippen molar-refractivity contribution in [1.29, 1.82) is 0 Å². The first-order valence-corrected chi connectivity index (χ1v) is 8.37. The lowest BCUT2D eigenvalue weighted by Gasteiger charge is -2.26. The van der Waals surface area contributed by atoms with Crippen molar-refractivity contribution in [3.05, 3.63) is 29.8 Å². The van der Waals surface area contributed by atoms with Gasteiger partial charge < -0.3 is 20.7 Å². The van der Waals surface area contributed by atoms with Gasteiger partial charge in [0.15, 0.2) is 0 Å². The summed E-state index contributed by atoms with van der Waals surface area (Å²) in [6, 6.07) is 7.46. The van der Waals surface area contributed by atoms with Crippen molar-refractivity contribution in [2.45, 2.75) is 57.2 Å². The summed E-state index contributed by atoms with van der Waals surface area (Å²) in [6.45, 7) is 2.68. The molecule has 0 aliphatic heterocycles. The van der Waals surface area contributed by atoms with Gasteiger partial charge in [0, 0.05) is 0 Å². The molecule has 4 heteroatoms. The maximum Gasteiger partial charge on any atom is 0.119 e. The minimum absolute atomic E-state index is 0.00120. The zero-order chi connectivity index (χ0) is 16.0. The first-order valence-electron chi connectivity index (χ1n) is 8.37. The highest BCUT2D eigenvalue weighted by molar-refractivity contribution is 5.30. The number of aliphatic hydroxyl groups excluding tert-OH is 1. The van der Waals surface area contributed by atoms with Gasteiger partial charge >= 0.3 is 0 Å². The fourth-order valence-electron chi connectivity index (χ4n) is 2.99. The van der Waals surface area contributed by atoms with E-state index in [9.17, 15) is 10.2 Å². The molecular formula is C18H29NO3. The summed E-state index contributed by atoms with van der Waals surface area (Å²) in [4.78, 5) is 0. The fraction of sp³-hybridized carbons (Fsp3) is 0.667.